The van der Waals surface area contributed by atoms with Gasteiger partial charge in [0, 0.05) is 38.6 Å². The second-order valence-corrected chi connectivity index (χ2v) is 28.8. The molecule has 2 nitrogen and oxygen atoms in total. The first-order chi connectivity index (χ1) is 38.3. The Labute approximate surface area is 473 Å². The Balaban J connectivity index is 1.11. The highest BCUT2D eigenvalue weighted by atomic mass is 15.1. The van der Waals surface area contributed by atoms with E-state index >= 15 is 0 Å². The van der Waals surface area contributed by atoms with Crippen molar-refractivity contribution in [2.24, 2.45) is 0 Å². The van der Waals surface area contributed by atoms with E-state index in [1.54, 1.807) is 0 Å². The van der Waals surface area contributed by atoms with Crippen molar-refractivity contribution < 1.29 is 0 Å². The summed E-state index contributed by atoms with van der Waals surface area (Å²) in [5.74, 6) is 0.689. The molecule has 5 heterocycles. The fraction of sp³-hybridized carbons (Fsp3) is 0.299. The third-order valence-electron chi connectivity index (χ3n) is 22.0. The predicted octanol–water partition coefficient (Wildman–Crippen LogP) is 18.0. The van der Waals surface area contributed by atoms with Crippen LogP contribution in [0, 0.1) is 0 Å². The van der Waals surface area contributed by atoms with Gasteiger partial charge in [0.1, 0.15) is 0 Å². The minimum absolute atomic E-state index is 0.0312. The molecule has 3 heteroatoms. The Morgan fingerprint density at radius 3 is 1.57 bits per heavy atom. The molecule has 0 saturated heterocycles. The number of hydrogen-bond donors (Lipinski definition) is 0. The van der Waals surface area contributed by atoms with Gasteiger partial charge in [-0.05, 0) is 195 Å². The van der Waals surface area contributed by atoms with Gasteiger partial charge in [-0.25, -0.2) is 0 Å². The lowest BCUT2D eigenvalue weighted by molar-refractivity contribution is 0.332. The lowest BCUT2D eigenvalue weighted by atomic mass is 9.33. The summed E-state index contributed by atoms with van der Waals surface area (Å²) >= 11 is 0. The van der Waals surface area contributed by atoms with Crippen LogP contribution >= 0.6 is 0 Å². The number of aromatic nitrogens is 2. The quantitative estimate of drug-likeness (QED) is 0.156. The van der Waals surface area contributed by atoms with Gasteiger partial charge in [-0.15, -0.1) is 0 Å². The molecule has 3 aliphatic heterocycles. The first-order valence-corrected chi connectivity index (χ1v) is 30.3. The Bertz CT molecular complexity index is 4630. The Morgan fingerprint density at radius 1 is 0.400 bits per heavy atom. The van der Waals surface area contributed by atoms with Crippen molar-refractivity contribution in [1.82, 2.24) is 9.13 Å². The summed E-state index contributed by atoms with van der Waals surface area (Å²) in [7, 11) is 0. The minimum atomic E-state index is -0.548. The maximum Gasteiger partial charge on any atom is 0.253 e. The van der Waals surface area contributed by atoms with Crippen LogP contribution in [0.2, 0.25) is 0 Å². The molecule has 17 rings (SSSR count). The number of fused-ring (bicyclic) bond motifs is 15. The summed E-state index contributed by atoms with van der Waals surface area (Å²) in [6.45, 7) is 29.4. The molecule has 6 aliphatic rings. The largest absolute Gasteiger partial charge is 0.310 e. The van der Waals surface area contributed by atoms with Crippen molar-refractivity contribution >= 4 is 66.6 Å². The van der Waals surface area contributed by atoms with E-state index in [-0.39, 0.29) is 28.4 Å². The summed E-state index contributed by atoms with van der Waals surface area (Å²) < 4.78 is 5.64. The topological polar surface area (TPSA) is 9.86 Å². The number of nitrogens with zero attached hydrogens (tertiary/aromatic N) is 2. The molecular formula is C77H71BN2. The molecule has 2 aromatic heterocycles. The second-order valence-electron chi connectivity index (χ2n) is 28.8. The van der Waals surface area contributed by atoms with E-state index in [1.807, 2.05) is 0 Å². The zero-order chi connectivity index (χ0) is 54.6. The molecule has 0 saturated carbocycles. The third-order valence-corrected chi connectivity index (χ3v) is 22.0. The zero-order valence-electron chi connectivity index (χ0n) is 48.9. The molecule has 9 aromatic carbocycles. The van der Waals surface area contributed by atoms with Crippen LogP contribution in [0.1, 0.15) is 176 Å². The number of rotatable bonds is 4. The molecule has 3 aliphatic carbocycles. The van der Waals surface area contributed by atoms with E-state index in [1.165, 1.54) is 186 Å². The standard InChI is InChI=1S/C77H71BN2/c1-42(2)47-36-52-53-37-48(43(3)4)41-63-70(53)80-69(52)62(40-47)77(55-23-17-15-21-50(55)51-22-16-18-24-56(51)77)59-29-30-64-67(72(59)80)78(63)66-49-20-14-13-19-44(49)35-54-65(45-25-27-57-60(38-45)75(9,10)33-31-73(57,5)6)68(79(64)71(54)66)46-26-28-58-61(39-46)76(11,12)34-32-74(58,7)8/h13-30,35-43H,31-34H2,1-12H3. The highest BCUT2D eigenvalue weighted by Gasteiger charge is 2.55. The van der Waals surface area contributed by atoms with Gasteiger partial charge >= 0.3 is 0 Å². The van der Waals surface area contributed by atoms with Crippen molar-refractivity contribution in [3.8, 4) is 44.9 Å². The van der Waals surface area contributed by atoms with Crippen LogP contribution < -0.4 is 16.4 Å². The Hall–Kier alpha value is -7.36. The van der Waals surface area contributed by atoms with Crippen LogP contribution in [0.25, 0.3) is 88.4 Å². The Morgan fingerprint density at radius 2 is 0.938 bits per heavy atom. The first kappa shape index (κ1) is 47.5. The monoisotopic (exact) mass is 1030 g/mol. The van der Waals surface area contributed by atoms with Crippen molar-refractivity contribution in [3.05, 3.63) is 207 Å². The average Bonchev–Trinajstić information content (AvgIpc) is 3.36. The molecule has 1 spiro atoms. The van der Waals surface area contributed by atoms with Crippen LogP contribution in [-0.4, -0.2) is 15.8 Å². The van der Waals surface area contributed by atoms with Gasteiger partial charge in [0.05, 0.1) is 22.1 Å². The fourth-order valence-electron chi connectivity index (χ4n) is 17.5. The molecule has 0 bridgehead atoms. The van der Waals surface area contributed by atoms with Crippen LogP contribution in [0.5, 0.6) is 0 Å². The van der Waals surface area contributed by atoms with Crippen molar-refractivity contribution in [2.45, 2.75) is 148 Å². The molecule has 0 radical (unpaired) electrons. The SMILES string of the molecule is CC(C)c1cc2c3c(c1)c1cc(C(C)C)cc4c1n3-c1c(ccc3c1B2c1c2ccccc2cc2c(-c5ccc6c(c5)C(C)(C)CCC6(C)C)c(-c5ccc6c(c5)C(C)(C)CCC6(C)C)n-3c12)C41c2ccccc2-c2ccccc21. The van der Waals surface area contributed by atoms with Gasteiger partial charge in [0.15, 0.2) is 0 Å². The molecule has 0 atom stereocenters. The van der Waals surface area contributed by atoms with Gasteiger partial charge in [0.25, 0.3) is 6.71 Å². The molecule has 11 aromatic rings. The van der Waals surface area contributed by atoms with Crippen LogP contribution in [-0.2, 0) is 27.1 Å². The van der Waals surface area contributed by atoms with Gasteiger partial charge in [-0.3, -0.25) is 0 Å². The maximum atomic E-state index is 2.82. The van der Waals surface area contributed by atoms with Crippen molar-refractivity contribution in [2.75, 3.05) is 0 Å². The molecular weight excluding hydrogens is 964 g/mol. The number of benzene rings is 9. The lowest BCUT2D eigenvalue weighted by Crippen LogP contribution is -2.60. The molecule has 80 heavy (non-hydrogen) atoms. The Kier molecular flexibility index (Phi) is 8.98. The van der Waals surface area contributed by atoms with Gasteiger partial charge < -0.3 is 9.13 Å². The normalized spacial score (nSPS) is 18.2. The van der Waals surface area contributed by atoms with E-state index in [0.29, 0.717) is 11.8 Å². The summed E-state index contributed by atoms with van der Waals surface area (Å²) in [4.78, 5) is 0. The van der Waals surface area contributed by atoms with E-state index in [9.17, 15) is 0 Å². The molecule has 0 amide bonds. The first-order valence-electron chi connectivity index (χ1n) is 30.3. The predicted molar refractivity (Wildman–Crippen MR) is 340 cm³/mol. The van der Waals surface area contributed by atoms with E-state index in [4.69, 9.17) is 0 Å². The van der Waals surface area contributed by atoms with Crippen LogP contribution in [0.4, 0.5) is 0 Å². The summed E-state index contributed by atoms with van der Waals surface area (Å²) in [6, 6.07) is 62.0. The van der Waals surface area contributed by atoms with Crippen molar-refractivity contribution in [3.63, 3.8) is 0 Å². The molecule has 0 N–H and O–H groups in total. The maximum absolute atomic E-state index is 2.82. The van der Waals surface area contributed by atoms with Crippen LogP contribution in [0.3, 0.4) is 0 Å². The zero-order valence-corrected chi connectivity index (χ0v) is 48.9. The van der Waals surface area contributed by atoms with Gasteiger partial charge in [-0.1, -0.05) is 204 Å². The van der Waals surface area contributed by atoms with Gasteiger partial charge in [0.2, 0.25) is 0 Å². The summed E-state index contributed by atoms with van der Waals surface area (Å²) in [5.41, 5.74) is 33.3. The summed E-state index contributed by atoms with van der Waals surface area (Å²) in [6.07, 6.45) is 4.72. The summed E-state index contributed by atoms with van der Waals surface area (Å²) in [5, 5.41) is 6.79. The second kappa shape index (κ2) is 15.1. The minimum Gasteiger partial charge on any atom is -0.310 e. The highest BCUT2D eigenvalue weighted by Crippen LogP contribution is 2.63. The lowest BCUT2D eigenvalue weighted by Gasteiger charge is -2.44. The smallest absolute Gasteiger partial charge is 0.253 e. The molecule has 392 valence electrons. The highest BCUT2D eigenvalue weighted by molar-refractivity contribution is 7.01. The van der Waals surface area contributed by atoms with E-state index in [0.717, 1.165) is 0 Å². The van der Waals surface area contributed by atoms with Crippen LogP contribution in [0.15, 0.2) is 152 Å². The average molecular weight is 1040 g/mol. The third kappa shape index (κ3) is 5.63. The van der Waals surface area contributed by atoms with Gasteiger partial charge in [-0.2, -0.15) is 0 Å². The van der Waals surface area contributed by atoms with E-state index < -0.39 is 5.41 Å². The van der Waals surface area contributed by atoms with E-state index in [2.05, 4.69) is 244 Å². The van der Waals surface area contributed by atoms with Crippen molar-refractivity contribution in [1.29, 1.82) is 0 Å². The molecule has 0 unspecified atom stereocenters. The number of hydrogen-bond acceptors (Lipinski definition) is 0. The molecule has 0 fully saturated rings. The fourth-order valence-corrected chi connectivity index (χ4v) is 17.5.